The number of hydrogen-bond donors (Lipinski definition) is 0. The number of carbonyl (C=O) groups excluding carboxylic acids is 1. The zero-order chi connectivity index (χ0) is 9.84. The smallest absolute Gasteiger partial charge is 0.249 e. The van der Waals surface area contributed by atoms with E-state index in [2.05, 4.69) is 13.0 Å². The molecule has 0 aliphatic heterocycles. The summed E-state index contributed by atoms with van der Waals surface area (Å²) < 4.78 is 0. The summed E-state index contributed by atoms with van der Waals surface area (Å²) in [4.78, 5) is 13.3. The molecule has 2 nitrogen and oxygen atoms in total. The second kappa shape index (κ2) is 4.26. The van der Waals surface area contributed by atoms with E-state index in [1.807, 2.05) is 12.2 Å². The topological polar surface area (TPSA) is 20.3 Å². The van der Waals surface area contributed by atoms with Gasteiger partial charge in [-0.3, -0.25) is 4.79 Å². The highest BCUT2D eigenvalue weighted by Crippen LogP contribution is 2.24. The Morgan fingerprint density at radius 3 is 2.85 bits per heavy atom. The largest absolute Gasteiger partial charge is 0.345 e. The van der Waals surface area contributed by atoms with E-state index in [4.69, 9.17) is 0 Å². The van der Waals surface area contributed by atoms with Crippen LogP contribution in [0.5, 0.6) is 0 Å². The van der Waals surface area contributed by atoms with Gasteiger partial charge in [-0.15, -0.1) is 0 Å². The molecule has 2 heteroatoms. The second-order valence-electron chi connectivity index (χ2n) is 3.59. The van der Waals surface area contributed by atoms with Gasteiger partial charge in [-0.1, -0.05) is 25.2 Å². The lowest BCUT2D eigenvalue weighted by Crippen LogP contribution is -2.27. The van der Waals surface area contributed by atoms with Crippen LogP contribution in [0.15, 0.2) is 23.8 Å². The molecule has 1 atom stereocenters. The lowest BCUT2D eigenvalue weighted by Gasteiger charge is -2.21. The van der Waals surface area contributed by atoms with Crippen LogP contribution in [-0.4, -0.2) is 24.9 Å². The van der Waals surface area contributed by atoms with Crippen LogP contribution < -0.4 is 0 Å². The van der Waals surface area contributed by atoms with E-state index < -0.39 is 0 Å². The third-order valence-corrected chi connectivity index (χ3v) is 2.42. The lowest BCUT2D eigenvalue weighted by atomic mass is 9.88. The van der Waals surface area contributed by atoms with Crippen molar-refractivity contribution in [3.05, 3.63) is 23.8 Å². The summed E-state index contributed by atoms with van der Waals surface area (Å²) in [6.45, 7) is 2.13. The highest BCUT2D eigenvalue weighted by Gasteiger charge is 2.20. The van der Waals surface area contributed by atoms with Crippen molar-refractivity contribution in [2.24, 2.45) is 5.92 Å². The van der Waals surface area contributed by atoms with E-state index in [0.717, 1.165) is 18.4 Å². The van der Waals surface area contributed by atoms with Gasteiger partial charge in [0.2, 0.25) is 5.91 Å². The first-order chi connectivity index (χ1) is 6.16. The average Bonchev–Trinajstić information content (AvgIpc) is 2.16. The molecule has 0 radical (unpaired) electrons. The maximum atomic E-state index is 11.7. The van der Waals surface area contributed by atoms with E-state index in [1.54, 1.807) is 19.0 Å². The quantitative estimate of drug-likeness (QED) is 0.634. The fraction of sp³-hybridized carbons (Fsp3) is 0.545. The van der Waals surface area contributed by atoms with Gasteiger partial charge in [-0.2, -0.15) is 0 Å². The predicted molar refractivity (Wildman–Crippen MR) is 54.3 cm³/mol. The van der Waals surface area contributed by atoms with Crippen molar-refractivity contribution in [2.75, 3.05) is 14.1 Å². The third-order valence-electron chi connectivity index (χ3n) is 2.42. The highest BCUT2D eigenvalue weighted by molar-refractivity contribution is 5.94. The van der Waals surface area contributed by atoms with Gasteiger partial charge in [0, 0.05) is 19.7 Å². The number of allylic oxidation sites excluding steroid dienone is 3. The summed E-state index contributed by atoms with van der Waals surface area (Å²) in [5.74, 6) is 0.566. The van der Waals surface area contributed by atoms with Gasteiger partial charge in [0.1, 0.15) is 0 Å². The molecule has 1 aliphatic carbocycles. The molecule has 0 aromatic rings. The summed E-state index contributed by atoms with van der Waals surface area (Å²) in [6.07, 6.45) is 8.08. The van der Waals surface area contributed by atoms with Crippen LogP contribution in [0.2, 0.25) is 0 Å². The maximum Gasteiger partial charge on any atom is 0.249 e. The first kappa shape index (κ1) is 10.0. The molecule has 1 aliphatic rings. The molecule has 72 valence electrons. The number of amides is 1. The lowest BCUT2D eigenvalue weighted by molar-refractivity contribution is -0.125. The molecule has 13 heavy (non-hydrogen) atoms. The molecule has 0 aromatic heterocycles. The van der Waals surface area contributed by atoms with E-state index in [1.165, 1.54) is 0 Å². The maximum absolute atomic E-state index is 11.7. The SMILES string of the molecule is CCC1CC=CC=C1C(=O)N(C)C. The molecule has 1 amide bonds. The number of rotatable bonds is 2. The standard InChI is InChI=1S/C11H17NO/c1-4-9-7-5-6-8-10(9)11(13)12(2)3/h5-6,8-9H,4,7H2,1-3H3. The first-order valence-corrected chi connectivity index (χ1v) is 4.75. The summed E-state index contributed by atoms with van der Waals surface area (Å²) in [6, 6.07) is 0. The number of likely N-dealkylation sites (N-methyl/N-ethyl adjacent to an activating group) is 1. The highest BCUT2D eigenvalue weighted by atomic mass is 16.2. The molecule has 0 spiro atoms. The molecule has 0 heterocycles. The Kier molecular flexibility index (Phi) is 3.29. The minimum atomic E-state index is 0.149. The molecule has 1 unspecified atom stereocenters. The molecule has 1 rings (SSSR count). The van der Waals surface area contributed by atoms with Crippen molar-refractivity contribution in [3.63, 3.8) is 0 Å². The summed E-state index contributed by atoms with van der Waals surface area (Å²) in [5.41, 5.74) is 0.954. The number of hydrogen-bond acceptors (Lipinski definition) is 1. The number of carbonyl (C=O) groups is 1. The fourth-order valence-corrected chi connectivity index (χ4v) is 1.57. The molecular weight excluding hydrogens is 162 g/mol. The van der Waals surface area contributed by atoms with Crippen molar-refractivity contribution in [1.82, 2.24) is 4.90 Å². The Bertz CT molecular complexity index is 251. The normalized spacial score (nSPS) is 21.2. The van der Waals surface area contributed by atoms with Crippen LogP contribution in [0.1, 0.15) is 19.8 Å². The van der Waals surface area contributed by atoms with Crippen molar-refractivity contribution >= 4 is 5.91 Å². The van der Waals surface area contributed by atoms with E-state index in [9.17, 15) is 4.79 Å². The van der Waals surface area contributed by atoms with Crippen molar-refractivity contribution in [3.8, 4) is 0 Å². The van der Waals surface area contributed by atoms with E-state index >= 15 is 0 Å². The Morgan fingerprint density at radius 2 is 2.31 bits per heavy atom. The molecule has 0 bridgehead atoms. The van der Waals surface area contributed by atoms with Crippen LogP contribution in [0.25, 0.3) is 0 Å². The average molecular weight is 179 g/mol. The van der Waals surface area contributed by atoms with Crippen LogP contribution in [0, 0.1) is 5.92 Å². The van der Waals surface area contributed by atoms with Gasteiger partial charge < -0.3 is 4.90 Å². The van der Waals surface area contributed by atoms with Crippen molar-refractivity contribution < 1.29 is 4.79 Å². The molecule has 0 N–H and O–H groups in total. The summed E-state index contributed by atoms with van der Waals surface area (Å²) >= 11 is 0. The van der Waals surface area contributed by atoms with Crippen LogP contribution in [0.4, 0.5) is 0 Å². The molecular formula is C11H17NO. The van der Waals surface area contributed by atoms with E-state index in [0.29, 0.717) is 5.92 Å². The number of nitrogens with zero attached hydrogens (tertiary/aromatic N) is 1. The molecule has 0 saturated carbocycles. The molecule has 0 saturated heterocycles. The van der Waals surface area contributed by atoms with Crippen molar-refractivity contribution in [2.45, 2.75) is 19.8 Å². The Hall–Kier alpha value is -1.05. The van der Waals surface area contributed by atoms with Crippen LogP contribution in [-0.2, 0) is 4.79 Å². The fourth-order valence-electron chi connectivity index (χ4n) is 1.57. The van der Waals surface area contributed by atoms with Gasteiger partial charge in [0.05, 0.1) is 0 Å². The second-order valence-corrected chi connectivity index (χ2v) is 3.59. The Labute approximate surface area is 79.9 Å². The van der Waals surface area contributed by atoms with Gasteiger partial charge in [-0.25, -0.2) is 0 Å². The van der Waals surface area contributed by atoms with Gasteiger partial charge in [0.15, 0.2) is 0 Å². The van der Waals surface area contributed by atoms with Gasteiger partial charge in [-0.05, 0) is 18.8 Å². The van der Waals surface area contributed by atoms with Crippen molar-refractivity contribution in [1.29, 1.82) is 0 Å². The zero-order valence-corrected chi connectivity index (χ0v) is 8.58. The third kappa shape index (κ3) is 2.20. The Balaban J connectivity index is 2.80. The summed E-state index contributed by atoms with van der Waals surface area (Å²) in [7, 11) is 3.60. The van der Waals surface area contributed by atoms with Gasteiger partial charge in [0.25, 0.3) is 0 Å². The zero-order valence-electron chi connectivity index (χ0n) is 8.58. The van der Waals surface area contributed by atoms with Gasteiger partial charge >= 0.3 is 0 Å². The molecule has 0 fully saturated rings. The molecule has 0 aromatic carbocycles. The first-order valence-electron chi connectivity index (χ1n) is 4.75. The monoisotopic (exact) mass is 179 g/mol. The predicted octanol–water partition coefficient (Wildman–Crippen LogP) is 1.99. The van der Waals surface area contributed by atoms with Crippen LogP contribution >= 0.6 is 0 Å². The summed E-state index contributed by atoms with van der Waals surface area (Å²) in [5, 5.41) is 0. The minimum absolute atomic E-state index is 0.149. The minimum Gasteiger partial charge on any atom is -0.345 e. The van der Waals surface area contributed by atoms with Crippen LogP contribution in [0.3, 0.4) is 0 Å². The Morgan fingerprint density at radius 1 is 1.62 bits per heavy atom. The van der Waals surface area contributed by atoms with E-state index in [-0.39, 0.29) is 5.91 Å².